The van der Waals surface area contributed by atoms with E-state index in [2.05, 4.69) is 25.0 Å². The topological polar surface area (TPSA) is 94.0 Å². The maximum absolute atomic E-state index is 12.7. The van der Waals surface area contributed by atoms with Crippen molar-refractivity contribution < 1.29 is 17.7 Å². The summed E-state index contributed by atoms with van der Waals surface area (Å²) >= 11 is 1.60. The number of halogens is 3. The molecule has 0 saturated heterocycles. The second-order valence-corrected chi connectivity index (χ2v) is 8.07. The van der Waals surface area contributed by atoms with Crippen LogP contribution >= 0.6 is 11.3 Å². The van der Waals surface area contributed by atoms with E-state index in [9.17, 15) is 13.2 Å². The number of hydrogen-bond acceptors (Lipinski definition) is 8. The van der Waals surface area contributed by atoms with E-state index in [1.54, 1.807) is 11.3 Å². The van der Waals surface area contributed by atoms with Crippen LogP contribution < -0.4 is 5.73 Å². The first-order chi connectivity index (χ1) is 14.4. The lowest BCUT2D eigenvalue weighted by Crippen LogP contribution is -2.29. The van der Waals surface area contributed by atoms with Gasteiger partial charge in [0, 0.05) is 23.5 Å². The Morgan fingerprint density at radius 1 is 1.17 bits per heavy atom. The summed E-state index contributed by atoms with van der Waals surface area (Å²) in [5.74, 6) is 1.18. The molecule has 1 aliphatic rings. The van der Waals surface area contributed by atoms with Crippen molar-refractivity contribution in [2.75, 3.05) is 12.3 Å². The molecule has 0 radical (unpaired) electrons. The number of nitrogens with zero attached hydrogens (tertiary/aromatic N) is 5. The summed E-state index contributed by atoms with van der Waals surface area (Å²) in [6.45, 7) is 1.93. The van der Waals surface area contributed by atoms with Gasteiger partial charge in [0.05, 0.1) is 17.5 Å². The Bertz CT molecular complexity index is 1220. The summed E-state index contributed by atoms with van der Waals surface area (Å²) < 4.78 is 43.5. The van der Waals surface area contributed by atoms with Crippen molar-refractivity contribution >= 4 is 27.4 Å². The van der Waals surface area contributed by atoms with Crippen LogP contribution in [0, 0.1) is 0 Å². The Morgan fingerprint density at radius 3 is 2.73 bits per heavy atom. The summed E-state index contributed by atoms with van der Waals surface area (Å²) in [5, 5.41) is 4.85. The van der Waals surface area contributed by atoms with Gasteiger partial charge >= 0.3 is 6.18 Å². The molecule has 0 aliphatic carbocycles. The molecule has 4 heterocycles. The molecule has 0 spiro atoms. The van der Waals surface area contributed by atoms with E-state index in [-0.39, 0.29) is 5.82 Å². The molecule has 0 amide bonds. The summed E-state index contributed by atoms with van der Waals surface area (Å²) in [7, 11) is 0. The average Bonchev–Trinajstić information content (AvgIpc) is 3.32. The molecule has 7 nitrogen and oxygen atoms in total. The highest BCUT2D eigenvalue weighted by atomic mass is 32.1. The predicted molar refractivity (Wildman–Crippen MR) is 104 cm³/mol. The third kappa shape index (κ3) is 3.39. The standard InChI is InChI=1S/C19H15F3N6OS/c20-19(21,22)11-3-1-10(2-4-11)17-26-14(29-27-17)8-28-6-5-12-13(7-28)30-18-15(12)16(23)24-9-25-18/h1-4,9H,5-8H2,(H2,23,24,25). The number of benzene rings is 1. The third-order valence-corrected chi connectivity index (χ3v) is 6.17. The molecule has 0 bridgehead atoms. The minimum absolute atomic E-state index is 0.265. The number of hydrogen-bond donors (Lipinski definition) is 1. The van der Waals surface area contributed by atoms with E-state index < -0.39 is 11.7 Å². The largest absolute Gasteiger partial charge is 0.416 e. The highest BCUT2D eigenvalue weighted by Crippen LogP contribution is 2.36. The highest BCUT2D eigenvalue weighted by Gasteiger charge is 2.30. The van der Waals surface area contributed by atoms with Crippen molar-refractivity contribution in [3.8, 4) is 11.4 Å². The maximum Gasteiger partial charge on any atom is 0.416 e. The molecular formula is C19H15F3N6OS. The van der Waals surface area contributed by atoms with E-state index in [1.165, 1.54) is 28.9 Å². The van der Waals surface area contributed by atoms with Crippen LogP contribution in [0.15, 0.2) is 35.1 Å². The van der Waals surface area contributed by atoms with Crippen LogP contribution in [0.5, 0.6) is 0 Å². The van der Waals surface area contributed by atoms with E-state index in [0.717, 1.165) is 35.3 Å². The van der Waals surface area contributed by atoms with Gasteiger partial charge in [-0.2, -0.15) is 18.2 Å². The second-order valence-electron chi connectivity index (χ2n) is 6.99. The normalized spacial score (nSPS) is 14.9. The fraction of sp³-hybridized carbons (Fsp3) is 0.263. The van der Waals surface area contributed by atoms with Gasteiger partial charge in [0.25, 0.3) is 0 Å². The zero-order valence-corrected chi connectivity index (χ0v) is 16.3. The summed E-state index contributed by atoms with van der Waals surface area (Å²) in [4.78, 5) is 17.0. The van der Waals surface area contributed by atoms with Gasteiger partial charge in [-0.15, -0.1) is 11.3 Å². The van der Waals surface area contributed by atoms with Gasteiger partial charge in [-0.1, -0.05) is 17.3 Å². The van der Waals surface area contributed by atoms with Crippen LogP contribution in [0.4, 0.5) is 19.0 Å². The third-order valence-electron chi connectivity index (χ3n) is 5.04. The zero-order valence-electron chi connectivity index (χ0n) is 15.5. The second kappa shape index (κ2) is 7.03. The summed E-state index contributed by atoms with van der Waals surface area (Å²) in [6, 6.07) is 4.70. The predicted octanol–water partition coefficient (Wildman–Crippen LogP) is 3.90. The summed E-state index contributed by atoms with van der Waals surface area (Å²) in [5.41, 5.74) is 6.97. The molecule has 0 unspecified atom stereocenters. The van der Waals surface area contributed by atoms with E-state index >= 15 is 0 Å². The molecule has 1 aliphatic heterocycles. The van der Waals surface area contributed by atoms with E-state index in [0.29, 0.717) is 30.4 Å². The first-order valence-corrected chi connectivity index (χ1v) is 9.93. The minimum Gasteiger partial charge on any atom is -0.383 e. The molecule has 0 fully saturated rings. The van der Waals surface area contributed by atoms with Crippen LogP contribution in [0.2, 0.25) is 0 Å². The zero-order chi connectivity index (χ0) is 20.9. The number of anilines is 1. The highest BCUT2D eigenvalue weighted by molar-refractivity contribution is 7.18. The Hall–Kier alpha value is -3.05. The molecule has 1 aromatic carbocycles. The van der Waals surface area contributed by atoms with Gasteiger partial charge in [-0.3, -0.25) is 4.90 Å². The monoisotopic (exact) mass is 432 g/mol. The first kappa shape index (κ1) is 18.9. The molecule has 4 aromatic rings. The minimum atomic E-state index is -4.38. The number of nitrogen functional groups attached to an aromatic ring is 1. The number of thiophene rings is 1. The van der Waals surface area contributed by atoms with Crippen LogP contribution in [0.25, 0.3) is 21.6 Å². The van der Waals surface area contributed by atoms with Crippen LogP contribution in [0.1, 0.15) is 21.9 Å². The molecule has 0 saturated carbocycles. The number of aromatic nitrogens is 4. The number of rotatable bonds is 3. The quantitative estimate of drug-likeness (QED) is 0.525. The van der Waals surface area contributed by atoms with Crippen molar-refractivity contribution in [1.29, 1.82) is 0 Å². The van der Waals surface area contributed by atoms with Gasteiger partial charge in [-0.25, -0.2) is 9.97 Å². The average molecular weight is 432 g/mol. The molecule has 154 valence electrons. The van der Waals surface area contributed by atoms with Gasteiger partial charge < -0.3 is 10.3 Å². The van der Waals surface area contributed by atoms with Crippen molar-refractivity contribution in [2.24, 2.45) is 0 Å². The van der Waals surface area contributed by atoms with E-state index in [4.69, 9.17) is 10.3 Å². The van der Waals surface area contributed by atoms with Gasteiger partial charge in [-0.05, 0) is 24.1 Å². The fourth-order valence-corrected chi connectivity index (χ4v) is 4.81. The van der Waals surface area contributed by atoms with Crippen molar-refractivity contribution in [3.63, 3.8) is 0 Å². The SMILES string of the molecule is Nc1ncnc2sc3c(c12)CCN(Cc1nc(-c2ccc(C(F)(F)F)cc2)no1)C3. The van der Waals surface area contributed by atoms with Crippen molar-refractivity contribution in [3.05, 3.63) is 52.5 Å². The van der Waals surface area contributed by atoms with Gasteiger partial charge in [0.2, 0.25) is 11.7 Å². The molecule has 5 rings (SSSR count). The summed E-state index contributed by atoms with van der Waals surface area (Å²) in [6.07, 6.45) is -2.09. The van der Waals surface area contributed by atoms with Crippen LogP contribution in [0.3, 0.4) is 0 Å². The Morgan fingerprint density at radius 2 is 1.97 bits per heavy atom. The van der Waals surface area contributed by atoms with E-state index in [1.807, 2.05) is 0 Å². The Balaban J connectivity index is 1.31. The number of nitrogens with two attached hydrogens (primary N) is 1. The van der Waals surface area contributed by atoms with Crippen molar-refractivity contribution in [1.82, 2.24) is 25.0 Å². The van der Waals surface area contributed by atoms with Crippen molar-refractivity contribution in [2.45, 2.75) is 25.7 Å². The smallest absolute Gasteiger partial charge is 0.383 e. The van der Waals surface area contributed by atoms with Crippen LogP contribution in [-0.4, -0.2) is 31.6 Å². The number of alkyl halides is 3. The van der Waals surface area contributed by atoms with Crippen LogP contribution in [-0.2, 0) is 25.7 Å². The Kier molecular flexibility index (Phi) is 4.44. The van der Waals surface area contributed by atoms with Gasteiger partial charge in [0.1, 0.15) is 17.0 Å². The maximum atomic E-state index is 12.7. The lowest BCUT2D eigenvalue weighted by molar-refractivity contribution is -0.137. The molecule has 0 atom stereocenters. The molecule has 11 heteroatoms. The molecule has 2 N–H and O–H groups in total. The lowest BCUT2D eigenvalue weighted by Gasteiger charge is -2.25. The lowest BCUT2D eigenvalue weighted by atomic mass is 10.1. The number of fused-ring (bicyclic) bond motifs is 3. The fourth-order valence-electron chi connectivity index (χ4n) is 3.58. The first-order valence-electron chi connectivity index (χ1n) is 9.12. The molecule has 30 heavy (non-hydrogen) atoms. The van der Waals surface area contributed by atoms with Gasteiger partial charge in [0.15, 0.2) is 0 Å². The Labute approximate surface area is 172 Å². The molecular weight excluding hydrogens is 417 g/mol. The molecule has 3 aromatic heterocycles.